The van der Waals surface area contributed by atoms with Gasteiger partial charge in [0.15, 0.2) is 0 Å². The van der Waals surface area contributed by atoms with E-state index in [1.165, 1.54) is 51.4 Å². The molecule has 0 nitrogen and oxygen atoms in total. The van der Waals surface area contributed by atoms with Crippen LogP contribution in [0.4, 0.5) is 0 Å². The van der Waals surface area contributed by atoms with Crippen LogP contribution in [0, 0.1) is 35.9 Å². The number of terminal acetylenes is 3. The summed E-state index contributed by atoms with van der Waals surface area (Å²) in [5.74, 6) is 0. The normalized spacial score (nSPS) is 10.3. The van der Waals surface area contributed by atoms with Crippen LogP contribution < -0.4 is 0 Å². The van der Waals surface area contributed by atoms with E-state index in [9.17, 15) is 0 Å². The van der Waals surface area contributed by atoms with Crippen molar-refractivity contribution in [3.05, 3.63) is 0 Å². The Morgan fingerprint density at radius 2 is 1.06 bits per heavy atom. The highest BCUT2D eigenvalue weighted by atomic mass is 28.3. The summed E-state index contributed by atoms with van der Waals surface area (Å²) < 4.78 is 0. The highest BCUT2D eigenvalue weighted by molar-refractivity contribution is 7.00. The number of unbranched alkanes of at least 4 members (excludes halogenated alkanes) is 8. The van der Waals surface area contributed by atoms with Gasteiger partial charge >= 0.3 is 0 Å². The highest BCUT2D eigenvalue weighted by Gasteiger charge is 2.25. The van der Waals surface area contributed by atoms with Gasteiger partial charge in [-0.2, -0.15) is 0 Å². The Balaban J connectivity index is 3.50. The molecule has 0 N–H and O–H groups in total. The third-order valence-corrected chi connectivity index (χ3v) is 5.98. The molecule has 0 fully saturated rings. The maximum Gasteiger partial charge on any atom is 0.289 e. The lowest BCUT2D eigenvalue weighted by Gasteiger charge is -2.11. The predicted molar refractivity (Wildman–Crippen MR) is 84.3 cm³/mol. The molecule has 0 aromatic heterocycles. The molecule has 1 heteroatoms. The van der Waals surface area contributed by atoms with Crippen molar-refractivity contribution in [1.29, 1.82) is 0 Å². The molecule has 0 aliphatic carbocycles. The van der Waals surface area contributed by atoms with Crippen molar-refractivity contribution >= 4 is 8.07 Å². The standard InChI is InChI=1S/C17H26Si/c1-5-9-10-11-12-13-14-15-16-17-18(6-2,7-3)8-4/h2-4H,5,9-17H2,1H3. The molecule has 0 heterocycles. The van der Waals surface area contributed by atoms with E-state index in [1.54, 1.807) is 0 Å². The maximum atomic E-state index is 5.46. The lowest BCUT2D eigenvalue weighted by atomic mass is 10.1. The Labute approximate surface area is 115 Å². The van der Waals surface area contributed by atoms with Gasteiger partial charge in [0.1, 0.15) is 0 Å². The zero-order valence-corrected chi connectivity index (χ0v) is 12.8. The predicted octanol–water partition coefficient (Wildman–Crippen LogP) is 4.48. The van der Waals surface area contributed by atoms with Crippen LogP contribution in [0.5, 0.6) is 0 Å². The topological polar surface area (TPSA) is 0 Å². The van der Waals surface area contributed by atoms with Gasteiger partial charge in [0, 0.05) is 0 Å². The van der Waals surface area contributed by atoms with Crippen molar-refractivity contribution in [1.82, 2.24) is 0 Å². The van der Waals surface area contributed by atoms with E-state index in [0.717, 1.165) is 12.5 Å². The fraction of sp³-hybridized carbons (Fsp3) is 0.647. The molecule has 18 heavy (non-hydrogen) atoms. The van der Waals surface area contributed by atoms with Gasteiger partial charge < -0.3 is 0 Å². The van der Waals surface area contributed by atoms with Crippen molar-refractivity contribution in [2.24, 2.45) is 0 Å². The summed E-state index contributed by atoms with van der Waals surface area (Å²) >= 11 is 0. The smallest absolute Gasteiger partial charge is 0.125 e. The second kappa shape index (κ2) is 11.0. The average Bonchev–Trinajstić information content (AvgIpc) is 2.42. The minimum atomic E-state index is -2.22. The quantitative estimate of drug-likeness (QED) is 0.308. The first-order chi connectivity index (χ1) is 8.74. The van der Waals surface area contributed by atoms with E-state index in [-0.39, 0.29) is 0 Å². The molecular weight excluding hydrogens is 232 g/mol. The molecule has 0 amide bonds. The first kappa shape index (κ1) is 16.9. The van der Waals surface area contributed by atoms with Gasteiger partial charge in [-0.15, -0.1) is 35.9 Å². The number of hydrogen-bond donors (Lipinski definition) is 0. The minimum absolute atomic E-state index is 0.895. The maximum absolute atomic E-state index is 5.46. The highest BCUT2D eigenvalue weighted by Crippen LogP contribution is 2.15. The van der Waals surface area contributed by atoms with Crippen molar-refractivity contribution in [3.63, 3.8) is 0 Å². The van der Waals surface area contributed by atoms with Crippen molar-refractivity contribution in [3.8, 4) is 35.9 Å². The summed E-state index contributed by atoms with van der Waals surface area (Å²) in [5.41, 5.74) is 8.12. The van der Waals surface area contributed by atoms with Crippen LogP contribution in [-0.4, -0.2) is 8.07 Å². The van der Waals surface area contributed by atoms with E-state index < -0.39 is 8.07 Å². The monoisotopic (exact) mass is 258 g/mol. The fourth-order valence-electron chi connectivity index (χ4n) is 2.04. The van der Waals surface area contributed by atoms with Crippen molar-refractivity contribution in [2.75, 3.05) is 0 Å². The third-order valence-electron chi connectivity index (χ3n) is 3.39. The summed E-state index contributed by atoms with van der Waals surface area (Å²) in [5, 5.41) is 0. The van der Waals surface area contributed by atoms with Crippen LogP contribution in [0.15, 0.2) is 0 Å². The molecule has 0 aromatic rings. The van der Waals surface area contributed by atoms with E-state index >= 15 is 0 Å². The fourth-order valence-corrected chi connectivity index (χ4v) is 3.51. The molecule has 0 aliphatic heterocycles. The van der Waals surface area contributed by atoms with Gasteiger partial charge in [-0.3, -0.25) is 0 Å². The van der Waals surface area contributed by atoms with Crippen LogP contribution in [0.1, 0.15) is 64.7 Å². The van der Waals surface area contributed by atoms with Gasteiger partial charge in [0.2, 0.25) is 0 Å². The molecule has 0 radical (unpaired) electrons. The molecule has 0 aromatic carbocycles. The lowest BCUT2D eigenvalue weighted by Crippen LogP contribution is -2.29. The molecule has 0 bridgehead atoms. The zero-order chi connectivity index (χ0) is 13.7. The first-order valence-electron chi connectivity index (χ1n) is 7.18. The van der Waals surface area contributed by atoms with E-state index in [4.69, 9.17) is 19.3 Å². The second-order valence-corrected chi connectivity index (χ2v) is 8.09. The van der Waals surface area contributed by atoms with Crippen LogP contribution in [-0.2, 0) is 0 Å². The first-order valence-corrected chi connectivity index (χ1v) is 9.38. The molecule has 0 saturated heterocycles. The lowest BCUT2D eigenvalue weighted by molar-refractivity contribution is 0.572. The van der Waals surface area contributed by atoms with Crippen LogP contribution in [0.3, 0.4) is 0 Å². The molecule has 0 saturated carbocycles. The molecule has 0 unspecified atom stereocenters. The Morgan fingerprint density at radius 1 is 0.667 bits per heavy atom. The van der Waals surface area contributed by atoms with Crippen molar-refractivity contribution < 1.29 is 0 Å². The largest absolute Gasteiger partial charge is 0.289 e. The van der Waals surface area contributed by atoms with E-state index in [0.29, 0.717) is 0 Å². The van der Waals surface area contributed by atoms with Crippen LogP contribution in [0.25, 0.3) is 0 Å². The molecule has 98 valence electrons. The summed E-state index contributed by atoms with van der Waals surface area (Å²) in [6.45, 7) is 2.25. The number of hydrogen-bond acceptors (Lipinski definition) is 0. The third kappa shape index (κ3) is 7.27. The Bertz CT molecular complexity index is 285. The molecule has 0 aliphatic rings. The summed E-state index contributed by atoms with van der Waals surface area (Å²) in [6, 6.07) is 0.895. The Kier molecular flexibility index (Phi) is 10.3. The molecule has 0 atom stereocenters. The van der Waals surface area contributed by atoms with Crippen LogP contribution in [0.2, 0.25) is 6.04 Å². The van der Waals surface area contributed by atoms with Gasteiger partial charge in [-0.25, -0.2) is 0 Å². The molecule has 0 spiro atoms. The van der Waals surface area contributed by atoms with Gasteiger partial charge in [0.25, 0.3) is 8.07 Å². The van der Waals surface area contributed by atoms with Gasteiger partial charge in [-0.05, 0) is 6.04 Å². The summed E-state index contributed by atoms with van der Waals surface area (Å²) in [7, 11) is -2.22. The van der Waals surface area contributed by atoms with Crippen LogP contribution >= 0.6 is 0 Å². The van der Waals surface area contributed by atoms with E-state index in [2.05, 4.69) is 23.6 Å². The Morgan fingerprint density at radius 3 is 1.44 bits per heavy atom. The van der Waals surface area contributed by atoms with Crippen molar-refractivity contribution in [2.45, 2.75) is 70.8 Å². The second-order valence-electron chi connectivity index (χ2n) is 4.92. The summed E-state index contributed by atoms with van der Waals surface area (Å²) in [6.07, 6.45) is 28.2. The average molecular weight is 258 g/mol. The van der Waals surface area contributed by atoms with E-state index in [1.807, 2.05) is 0 Å². The van der Waals surface area contributed by atoms with Gasteiger partial charge in [0.05, 0.1) is 0 Å². The molecular formula is C17H26Si. The summed E-state index contributed by atoms with van der Waals surface area (Å²) in [4.78, 5) is 0. The zero-order valence-electron chi connectivity index (χ0n) is 11.8. The SMILES string of the molecule is C#C[Si](C#C)(C#C)CCCCCCCCCCC. The molecule has 0 rings (SSSR count). The Hall–Kier alpha value is -1.10. The number of rotatable bonds is 10. The van der Waals surface area contributed by atoms with Gasteiger partial charge in [-0.1, -0.05) is 64.7 Å². The minimum Gasteiger partial charge on any atom is -0.125 e.